The lowest BCUT2D eigenvalue weighted by Crippen LogP contribution is -2.25. The Hall–Kier alpha value is -3.57. The Morgan fingerprint density at radius 3 is 2.53 bits per heavy atom. The predicted molar refractivity (Wildman–Crippen MR) is 123 cm³/mol. The minimum atomic E-state index is -0.213. The number of hydrazone groups is 1. The van der Waals surface area contributed by atoms with Gasteiger partial charge in [0.05, 0.1) is 12.8 Å². The van der Waals surface area contributed by atoms with E-state index in [9.17, 15) is 4.79 Å². The summed E-state index contributed by atoms with van der Waals surface area (Å²) in [6, 6.07) is 25.5. The summed E-state index contributed by atoms with van der Waals surface area (Å²) in [5, 5.41) is 8.99. The van der Waals surface area contributed by atoms with Crippen LogP contribution in [0.5, 0.6) is 0 Å². The van der Waals surface area contributed by atoms with Crippen LogP contribution in [0.25, 0.3) is 10.9 Å². The van der Waals surface area contributed by atoms with E-state index in [0.29, 0.717) is 6.54 Å². The van der Waals surface area contributed by atoms with Crippen molar-refractivity contribution in [3.8, 4) is 0 Å². The largest absolute Gasteiger partial charge is 0.376 e. The number of carbonyl (C=O) groups is 1. The minimum Gasteiger partial charge on any atom is -0.376 e. The quantitative estimate of drug-likeness (QED) is 0.332. The first kappa shape index (κ1) is 19.7. The Morgan fingerprint density at radius 2 is 1.70 bits per heavy atom. The summed E-state index contributed by atoms with van der Waals surface area (Å²) in [4.78, 5) is 12.0. The van der Waals surface area contributed by atoms with Crippen LogP contribution in [0.1, 0.15) is 11.1 Å². The first-order valence-electron chi connectivity index (χ1n) is 9.63. The fourth-order valence-electron chi connectivity index (χ4n) is 3.27. The van der Waals surface area contributed by atoms with Crippen LogP contribution in [0.15, 0.2) is 90.2 Å². The highest BCUT2D eigenvalue weighted by Crippen LogP contribution is 2.23. The van der Waals surface area contributed by atoms with Gasteiger partial charge in [-0.3, -0.25) is 4.79 Å². The fourth-order valence-corrected chi connectivity index (χ4v) is 3.47. The molecule has 0 saturated heterocycles. The lowest BCUT2D eigenvalue weighted by atomic mass is 10.2. The monoisotopic (exact) mass is 416 g/mol. The summed E-state index contributed by atoms with van der Waals surface area (Å²) >= 11 is 6.33. The highest BCUT2D eigenvalue weighted by atomic mass is 35.5. The maximum atomic E-state index is 12.0. The molecule has 150 valence electrons. The van der Waals surface area contributed by atoms with Crippen LogP contribution in [0.3, 0.4) is 0 Å². The van der Waals surface area contributed by atoms with E-state index in [4.69, 9.17) is 11.6 Å². The van der Waals surface area contributed by atoms with Gasteiger partial charge in [0.2, 0.25) is 0 Å². The summed E-state index contributed by atoms with van der Waals surface area (Å²) in [6.45, 7) is 0.803. The summed E-state index contributed by atoms with van der Waals surface area (Å²) in [5.74, 6) is -0.213. The van der Waals surface area contributed by atoms with Crippen molar-refractivity contribution in [2.24, 2.45) is 5.10 Å². The second-order valence-corrected chi connectivity index (χ2v) is 7.24. The molecule has 1 amide bonds. The van der Waals surface area contributed by atoms with Gasteiger partial charge in [0.25, 0.3) is 5.91 Å². The molecule has 4 rings (SSSR count). The van der Waals surface area contributed by atoms with Crippen LogP contribution in [0, 0.1) is 0 Å². The van der Waals surface area contributed by atoms with Crippen LogP contribution in [0.2, 0.25) is 5.02 Å². The van der Waals surface area contributed by atoms with Gasteiger partial charge in [0.15, 0.2) is 0 Å². The van der Waals surface area contributed by atoms with Crippen molar-refractivity contribution in [3.05, 3.63) is 101 Å². The number of nitrogens with one attached hydrogen (secondary N) is 2. The summed E-state index contributed by atoms with van der Waals surface area (Å²) in [6.07, 6.45) is 3.69. The molecule has 0 aliphatic heterocycles. The number of anilines is 1. The van der Waals surface area contributed by atoms with Gasteiger partial charge < -0.3 is 9.88 Å². The van der Waals surface area contributed by atoms with Crippen LogP contribution in [-0.4, -0.2) is 23.2 Å². The number of benzene rings is 3. The number of fused-ring (bicyclic) bond motifs is 1. The molecule has 3 aromatic carbocycles. The third-order valence-electron chi connectivity index (χ3n) is 4.74. The predicted octanol–water partition coefficient (Wildman–Crippen LogP) is 4.91. The number of aromatic nitrogens is 1. The van der Waals surface area contributed by atoms with E-state index in [0.717, 1.165) is 32.7 Å². The van der Waals surface area contributed by atoms with Crippen molar-refractivity contribution in [1.82, 2.24) is 9.99 Å². The Labute approximate surface area is 180 Å². The van der Waals surface area contributed by atoms with Gasteiger partial charge in [-0.2, -0.15) is 5.10 Å². The molecule has 0 unspecified atom stereocenters. The number of para-hydroxylation sites is 2. The molecule has 0 fully saturated rings. The van der Waals surface area contributed by atoms with Crippen LogP contribution in [0.4, 0.5) is 5.69 Å². The number of nitrogens with zero attached hydrogens (tertiary/aromatic N) is 2. The summed E-state index contributed by atoms with van der Waals surface area (Å²) in [7, 11) is 0. The number of halogens is 1. The number of carbonyl (C=O) groups excluding carboxylic acids is 1. The lowest BCUT2D eigenvalue weighted by Gasteiger charge is -2.07. The molecule has 2 N–H and O–H groups in total. The van der Waals surface area contributed by atoms with E-state index in [2.05, 4.69) is 26.5 Å². The second kappa shape index (κ2) is 9.29. The van der Waals surface area contributed by atoms with E-state index in [1.54, 1.807) is 6.21 Å². The zero-order valence-electron chi connectivity index (χ0n) is 16.3. The molecule has 30 heavy (non-hydrogen) atoms. The molecular weight excluding hydrogens is 396 g/mol. The zero-order chi connectivity index (χ0) is 20.8. The first-order valence-corrected chi connectivity index (χ1v) is 10.0. The number of amides is 1. The normalized spacial score (nSPS) is 11.1. The van der Waals surface area contributed by atoms with Crippen molar-refractivity contribution < 1.29 is 4.79 Å². The zero-order valence-corrected chi connectivity index (χ0v) is 17.0. The summed E-state index contributed by atoms with van der Waals surface area (Å²) in [5.41, 5.74) is 6.51. The van der Waals surface area contributed by atoms with Crippen LogP contribution in [-0.2, 0) is 11.3 Å². The lowest BCUT2D eigenvalue weighted by molar-refractivity contribution is -0.119. The molecule has 6 heteroatoms. The van der Waals surface area contributed by atoms with E-state index in [-0.39, 0.29) is 12.5 Å². The molecule has 4 aromatic rings. The smallest absolute Gasteiger partial charge is 0.259 e. The SMILES string of the molecule is O=C(CNc1ccccc1)N/N=C\c1cn(Cc2ccccc2Cl)c2ccccc12. The van der Waals surface area contributed by atoms with Gasteiger partial charge in [-0.25, -0.2) is 5.43 Å². The highest BCUT2D eigenvalue weighted by molar-refractivity contribution is 6.31. The average molecular weight is 417 g/mol. The maximum Gasteiger partial charge on any atom is 0.259 e. The highest BCUT2D eigenvalue weighted by Gasteiger charge is 2.09. The maximum absolute atomic E-state index is 12.0. The van der Waals surface area contributed by atoms with Gasteiger partial charge in [-0.05, 0) is 29.8 Å². The third kappa shape index (κ3) is 4.70. The molecule has 0 atom stereocenters. The molecule has 0 bridgehead atoms. The van der Waals surface area contributed by atoms with Crippen LogP contribution < -0.4 is 10.7 Å². The topological polar surface area (TPSA) is 58.4 Å². The molecule has 0 aliphatic carbocycles. The van der Waals surface area contributed by atoms with Gasteiger partial charge in [0, 0.05) is 39.9 Å². The van der Waals surface area contributed by atoms with Gasteiger partial charge in [0.1, 0.15) is 0 Å². The second-order valence-electron chi connectivity index (χ2n) is 6.83. The molecule has 0 saturated carbocycles. The van der Waals surface area contributed by atoms with Crippen molar-refractivity contribution in [3.63, 3.8) is 0 Å². The molecular formula is C24H21ClN4O. The van der Waals surface area contributed by atoms with Crippen molar-refractivity contribution in [2.75, 3.05) is 11.9 Å². The van der Waals surface area contributed by atoms with E-state index in [1.807, 2.05) is 79.0 Å². The number of hydrogen-bond acceptors (Lipinski definition) is 3. The van der Waals surface area contributed by atoms with E-state index in [1.165, 1.54) is 0 Å². The average Bonchev–Trinajstić information content (AvgIpc) is 3.12. The molecule has 1 aromatic heterocycles. The third-order valence-corrected chi connectivity index (χ3v) is 5.11. The molecule has 0 spiro atoms. The van der Waals surface area contributed by atoms with Crippen LogP contribution >= 0.6 is 11.6 Å². The van der Waals surface area contributed by atoms with Crippen molar-refractivity contribution >= 4 is 40.3 Å². The standard InChI is InChI=1S/C24H21ClN4O/c25-22-12-6-4-8-18(22)16-29-17-19(21-11-5-7-13-23(21)29)14-27-28-24(30)15-26-20-9-2-1-3-10-20/h1-14,17,26H,15-16H2,(H,28,30)/b27-14-. The molecule has 0 radical (unpaired) electrons. The van der Waals surface area contributed by atoms with Gasteiger partial charge in [-0.1, -0.05) is 66.2 Å². The molecule has 0 aliphatic rings. The molecule has 5 nitrogen and oxygen atoms in total. The van der Waals surface area contributed by atoms with Gasteiger partial charge in [-0.15, -0.1) is 0 Å². The van der Waals surface area contributed by atoms with E-state index < -0.39 is 0 Å². The minimum absolute atomic E-state index is 0.148. The Morgan fingerprint density at radius 1 is 0.967 bits per heavy atom. The van der Waals surface area contributed by atoms with E-state index >= 15 is 0 Å². The molecule has 1 heterocycles. The number of rotatable bonds is 7. The first-order chi connectivity index (χ1) is 14.7. The Kier molecular flexibility index (Phi) is 6.11. The fraction of sp³-hybridized carbons (Fsp3) is 0.0833. The Balaban J connectivity index is 1.46. The Bertz CT molecular complexity index is 1180. The van der Waals surface area contributed by atoms with Gasteiger partial charge >= 0.3 is 0 Å². The van der Waals surface area contributed by atoms with Crippen molar-refractivity contribution in [2.45, 2.75) is 6.54 Å². The van der Waals surface area contributed by atoms with Crippen molar-refractivity contribution in [1.29, 1.82) is 0 Å². The number of hydrogen-bond donors (Lipinski definition) is 2. The summed E-state index contributed by atoms with van der Waals surface area (Å²) < 4.78 is 2.14.